The maximum atomic E-state index is 13.5. The Labute approximate surface area is 103 Å². The summed E-state index contributed by atoms with van der Waals surface area (Å²) < 4.78 is 13.5. The predicted molar refractivity (Wildman–Crippen MR) is 68.6 cm³/mol. The number of halogens is 1. The third-order valence-electron chi connectivity index (χ3n) is 2.62. The average Bonchev–Trinajstić information content (AvgIpc) is 2.38. The molecule has 0 aliphatic rings. The molecule has 0 saturated carbocycles. The molecule has 0 spiro atoms. The molecular formula is C14H10FNO2. The third kappa shape index (κ3) is 2.27. The van der Waals surface area contributed by atoms with Gasteiger partial charge in [0.15, 0.2) is 0 Å². The number of benzene rings is 2. The molecule has 90 valence electrons. The highest BCUT2D eigenvalue weighted by atomic mass is 19.1. The number of hydrogen-bond acceptors (Lipinski definition) is 2. The van der Waals surface area contributed by atoms with Crippen LogP contribution in [0, 0.1) is 15.9 Å². The van der Waals surface area contributed by atoms with Gasteiger partial charge in [-0.2, -0.15) is 4.39 Å². The Morgan fingerprint density at radius 1 is 1.11 bits per heavy atom. The minimum atomic E-state index is -0.828. The molecule has 0 atom stereocenters. The van der Waals surface area contributed by atoms with E-state index in [-0.39, 0.29) is 0 Å². The Bertz CT molecular complexity index is 606. The third-order valence-corrected chi connectivity index (χ3v) is 2.62. The van der Waals surface area contributed by atoms with Gasteiger partial charge in [-0.25, -0.2) is 0 Å². The fourth-order valence-electron chi connectivity index (χ4n) is 1.65. The van der Waals surface area contributed by atoms with Gasteiger partial charge in [-0.3, -0.25) is 10.1 Å². The van der Waals surface area contributed by atoms with E-state index in [0.717, 1.165) is 11.1 Å². The summed E-state index contributed by atoms with van der Waals surface area (Å²) in [6.07, 6.45) is 1.71. The molecule has 0 N–H and O–H groups in total. The van der Waals surface area contributed by atoms with Crippen molar-refractivity contribution in [2.75, 3.05) is 0 Å². The largest absolute Gasteiger partial charge is 0.304 e. The zero-order valence-corrected chi connectivity index (χ0v) is 9.47. The number of rotatable bonds is 3. The summed E-state index contributed by atoms with van der Waals surface area (Å²) in [6.45, 7) is 3.64. The molecule has 2 aromatic carbocycles. The SMILES string of the molecule is C=Cc1ccc(-c2ccc([N+](=O)[O-])c(F)c2)cc1. The van der Waals surface area contributed by atoms with E-state index in [2.05, 4.69) is 6.58 Å². The van der Waals surface area contributed by atoms with Crippen LogP contribution < -0.4 is 0 Å². The van der Waals surface area contributed by atoms with Crippen molar-refractivity contribution in [1.82, 2.24) is 0 Å². The van der Waals surface area contributed by atoms with Gasteiger partial charge < -0.3 is 0 Å². The van der Waals surface area contributed by atoms with Crippen LogP contribution in [0.4, 0.5) is 10.1 Å². The van der Waals surface area contributed by atoms with E-state index in [1.54, 1.807) is 6.08 Å². The Morgan fingerprint density at radius 3 is 2.22 bits per heavy atom. The van der Waals surface area contributed by atoms with Crippen molar-refractivity contribution in [2.45, 2.75) is 0 Å². The van der Waals surface area contributed by atoms with Crippen LogP contribution in [0.5, 0.6) is 0 Å². The lowest BCUT2D eigenvalue weighted by Gasteiger charge is -2.03. The van der Waals surface area contributed by atoms with Crippen molar-refractivity contribution in [3.8, 4) is 11.1 Å². The van der Waals surface area contributed by atoms with Crippen molar-refractivity contribution in [3.63, 3.8) is 0 Å². The van der Waals surface area contributed by atoms with Gasteiger partial charge in [0.25, 0.3) is 0 Å². The Kier molecular flexibility index (Phi) is 3.19. The first-order valence-electron chi connectivity index (χ1n) is 5.28. The van der Waals surface area contributed by atoms with E-state index in [1.165, 1.54) is 18.2 Å². The molecule has 0 radical (unpaired) electrons. The van der Waals surface area contributed by atoms with Gasteiger partial charge in [-0.1, -0.05) is 36.9 Å². The highest BCUT2D eigenvalue weighted by Gasteiger charge is 2.14. The van der Waals surface area contributed by atoms with Crippen molar-refractivity contribution in [2.24, 2.45) is 0 Å². The zero-order valence-electron chi connectivity index (χ0n) is 9.47. The molecule has 3 nitrogen and oxygen atoms in total. The first-order chi connectivity index (χ1) is 8.61. The van der Waals surface area contributed by atoms with Gasteiger partial charge in [-0.05, 0) is 28.8 Å². The molecule has 0 aliphatic heterocycles. The molecule has 0 heterocycles. The molecule has 4 heteroatoms. The second kappa shape index (κ2) is 4.79. The van der Waals surface area contributed by atoms with Gasteiger partial charge in [0.1, 0.15) is 0 Å². The number of nitro groups is 1. The van der Waals surface area contributed by atoms with Crippen LogP contribution in [0.3, 0.4) is 0 Å². The topological polar surface area (TPSA) is 43.1 Å². The first kappa shape index (κ1) is 12.0. The van der Waals surface area contributed by atoms with Gasteiger partial charge in [0, 0.05) is 6.07 Å². The molecular weight excluding hydrogens is 233 g/mol. The van der Waals surface area contributed by atoms with E-state index >= 15 is 0 Å². The van der Waals surface area contributed by atoms with Crippen molar-refractivity contribution in [1.29, 1.82) is 0 Å². The lowest BCUT2D eigenvalue weighted by Crippen LogP contribution is -1.92. The molecule has 2 aromatic rings. The van der Waals surface area contributed by atoms with Gasteiger partial charge in [0.2, 0.25) is 5.82 Å². The maximum absolute atomic E-state index is 13.5. The molecule has 0 unspecified atom stereocenters. The normalized spacial score (nSPS) is 10.1. The van der Waals surface area contributed by atoms with Crippen LogP contribution in [0.15, 0.2) is 49.0 Å². The van der Waals surface area contributed by atoms with Crippen molar-refractivity contribution in [3.05, 3.63) is 70.5 Å². The second-order valence-electron chi connectivity index (χ2n) is 3.75. The Balaban J connectivity index is 2.41. The van der Waals surface area contributed by atoms with E-state index in [0.29, 0.717) is 5.56 Å². The first-order valence-corrected chi connectivity index (χ1v) is 5.28. The zero-order chi connectivity index (χ0) is 13.1. The molecule has 0 fully saturated rings. The lowest BCUT2D eigenvalue weighted by atomic mass is 10.0. The molecule has 0 amide bonds. The fourth-order valence-corrected chi connectivity index (χ4v) is 1.65. The minimum Gasteiger partial charge on any atom is -0.258 e. The Hall–Kier alpha value is -2.49. The van der Waals surface area contributed by atoms with Crippen LogP contribution in [-0.2, 0) is 0 Å². The summed E-state index contributed by atoms with van der Waals surface area (Å²) in [5, 5.41) is 10.5. The van der Waals surface area contributed by atoms with Gasteiger partial charge in [0.05, 0.1) is 4.92 Å². The summed E-state index contributed by atoms with van der Waals surface area (Å²) in [6, 6.07) is 11.2. The van der Waals surface area contributed by atoms with E-state index in [9.17, 15) is 14.5 Å². The molecule has 18 heavy (non-hydrogen) atoms. The molecule has 0 saturated heterocycles. The molecule has 0 bridgehead atoms. The predicted octanol–water partition coefficient (Wildman–Crippen LogP) is 4.04. The second-order valence-corrected chi connectivity index (χ2v) is 3.75. The van der Waals surface area contributed by atoms with E-state index < -0.39 is 16.4 Å². The van der Waals surface area contributed by atoms with E-state index in [1.807, 2.05) is 24.3 Å². The Morgan fingerprint density at radius 2 is 1.72 bits per heavy atom. The van der Waals surface area contributed by atoms with Crippen LogP contribution in [0.2, 0.25) is 0 Å². The highest BCUT2D eigenvalue weighted by molar-refractivity contribution is 5.66. The number of hydrogen-bond donors (Lipinski definition) is 0. The summed E-state index contributed by atoms with van der Waals surface area (Å²) in [4.78, 5) is 9.77. The van der Waals surface area contributed by atoms with Crippen LogP contribution in [0.1, 0.15) is 5.56 Å². The summed E-state index contributed by atoms with van der Waals surface area (Å²) >= 11 is 0. The van der Waals surface area contributed by atoms with Crippen LogP contribution in [0.25, 0.3) is 17.2 Å². The smallest absolute Gasteiger partial charge is 0.258 e. The monoisotopic (exact) mass is 243 g/mol. The lowest BCUT2D eigenvalue weighted by molar-refractivity contribution is -0.387. The van der Waals surface area contributed by atoms with E-state index in [4.69, 9.17) is 0 Å². The maximum Gasteiger partial charge on any atom is 0.304 e. The molecule has 2 rings (SSSR count). The van der Waals surface area contributed by atoms with Crippen molar-refractivity contribution >= 4 is 11.8 Å². The standard InChI is InChI=1S/C14H10FNO2/c1-2-10-3-5-11(6-4-10)12-7-8-14(16(17)18)13(15)9-12/h2-9H,1H2. The summed E-state index contributed by atoms with van der Waals surface area (Å²) in [7, 11) is 0. The van der Waals surface area contributed by atoms with Crippen LogP contribution >= 0.6 is 0 Å². The number of nitro benzene ring substituents is 1. The highest BCUT2D eigenvalue weighted by Crippen LogP contribution is 2.25. The average molecular weight is 243 g/mol. The van der Waals surface area contributed by atoms with Gasteiger partial charge in [-0.15, -0.1) is 0 Å². The molecule has 0 aliphatic carbocycles. The van der Waals surface area contributed by atoms with Crippen LogP contribution in [-0.4, -0.2) is 4.92 Å². The summed E-state index contributed by atoms with van der Waals surface area (Å²) in [5.41, 5.74) is 1.85. The van der Waals surface area contributed by atoms with Gasteiger partial charge >= 0.3 is 5.69 Å². The minimum absolute atomic E-state index is 0.513. The quantitative estimate of drug-likeness (QED) is 0.603. The fraction of sp³-hybridized carbons (Fsp3) is 0. The summed E-state index contributed by atoms with van der Waals surface area (Å²) in [5.74, 6) is -0.828. The van der Waals surface area contributed by atoms with Crippen molar-refractivity contribution < 1.29 is 9.31 Å². The number of nitrogens with zero attached hydrogens (tertiary/aromatic N) is 1. The molecule has 0 aromatic heterocycles.